The van der Waals surface area contributed by atoms with Crippen molar-refractivity contribution in [3.63, 3.8) is 0 Å². The van der Waals surface area contributed by atoms with Gasteiger partial charge in [0.25, 0.3) is 0 Å². The van der Waals surface area contributed by atoms with E-state index in [1.165, 1.54) is 12.1 Å². The number of hydrogen-bond donors (Lipinski definition) is 1. The second kappa shape index (κ2) is 4.87. The molecule has 1 aliphatic heterocycles. The second-order valence-electron chi connectivity index (χ2n) is 4.61. The van der Waals surface area contributed by atoms with Crippen LogP contribution in [0.2, 0.25) is 0 Å². The average molecular weight is 223 g/mol. The molecule has 0 amide bonds. The molecule has 0 aromatic carbocycles. The van der Waals surface area contributed by atoms with Crippen molar-refractivity contribution in [2.45, 2.75) is 32.7 Å². The lowest BCUT2D eigenvalue weighted by Gasteiger charge is -2.28. The number of hydrogen-bond acceptors (Lipinski definition) is 3. The number of rotatable bonds is 3. The highest BCUT2D eigenvalue weighted by Gasteiger charge is 2.26. The molecule has 1 aliphatic rings. The third-order valence-corrected chi connectivity index (χ3v) is 3.32. The molecule has 2 heterocycles. The molecule has 0 spiro atoms. The summed E-state index contributed by atoms with van der Waals surface area (Å²) < 4.78 is 7.46. The summed E-state index contributed by atoms with van der Waals surface area (Å²) in [5, 5.41) is 7.85. The van der Waals surface area contributed by atoms with E-state index in [0.717, 1.165) is 31.3 Å². The van der Waals surface area contributed by atoms with Crippen LogP contribution in [-0.2, 0) is 6.54 Å². The molecule has 16 heavy (non-hydrogen) atoms. The minimum atomic E-state index is 0.529. The van der Waals surface area contributed by atoms with Gasteiger partial charge in [-0.3, -0.25) is 4.68 Å². The van der Waals surface area contributed by atoms with Crippen molar-refractivity contribution in [1.82, 2.24) is 15.1 Å². The molecule has 4 heteroatoms. The normalized spacial score (nSPS) is 25.7. The van der Waals surface area contributed by atoms with Gasteiger partial charge in [0.2, 0.25) is 0 Å². The van der Waals surface area contributed by atoms with Crippen LogP contribution in [0.4, 0.5) is 0 Å². The van der Waals surface area contributed by atoms with E-state index in [0.29, 0.717) is 5.92 Å². The first kappa shape index (κ1) is 11.5. The maximum atomic E-state index is 5.41. The molecule has 4 nitrogen and oxygen atoms in total. The van der Waals surface area contributed by atoms with Gasteiger partial charge in [-0.15, -0.1) is 0 Å². The number of aromatic nitrogens is 2. The van der Waals surface area contributed by atoms with E-state index in [1.54, 1.807) is 7.11 Å². The third kappa shape index (κ3) is 2.07. The van der Waals surface area contributed by atoms with Crippen molar-refractivity contribution >= 4 is 0 Å². The number of methoxy groups -OCH3 is 1. The number of piperidine rings is 1. The summed E-state index contributed by atoms with van der Waals surface area (Å²) in [4.78, 5) is 0. The maximum absolute atomic E-state index is 5.41. The van der Waals surface area contributed by atoms with Gasteiger partial charge in [0.05, 0.1) is 19.0 Å². The Morgan fingerprint density at radius 1 is 1.56 bits per heavy atom. The SMILES string of the molecule is CCn1ncc(OC)c1C1CNCC(C)C1. The van der Waals surface area contributed by atoms with Crippen LogP contribution in [-0.4, -0.2) is 30.0 Å². The minimum Gasteiger partial charge on any atom is -0.493 e. The molecular formula is C12H21N3O. The molecule has 2 rings (SSSR count). The predicted octanol–water partition coefficient (Wildman–Crippen LogP) is 1.62. The summed E-state index contributed by atoms with van der Waals surface area (Å²) >= 11 is 0. The first-order valence-corrected chi connectivity index (χ1v) is 6.06. The molecule has 1 N–H and O–H groups in total. The monoisotopic (exact) mass is 223 g/mol. The smallest absolute Gasteiger partial charge is 0.160 e. The average Bonchev–Trinajstić information content (AvgIpc) is 2.71. The Kier molecular flexibility index (Phi) is 3.49. The Hall–Kier alpha value is -1.03. The van der Waals surface area contributed by atoms with Crippen molar-refractivity contribution in [2.75, 3.05) is 20.2 Å². The van der Waals surface area contributed by atoms with Crippen LogP contribution in [0.5, 0.6) is 5.75 Å². The van der Waals surface area contributed by atoms with Gasteiger partial charge < -0.3 is 10.1 Å². The van der Waals surface area contributed by atoms with Gasteiger partial charge in [-0.25, -0.2) is 0 Å². The molecule has 2 atom stereocenters. The molecule has 2 unspecified atom stereocenters. The largest absolute Gasteiger partial charge is 0.493 e. The zero-order valence-electron chi connectivity index (χ0n) is 10.4. The van der Waals surface area contributed by atoms with E-state index in [4.69, 9.17) is 4.74 Å². The lowest BCUT2D eigenvalue weighted by Crippen LogP contribution is -2.34. The Morgan fingerprint density at radius 3 is 3.00 bits per heavy atom. The Balaban J connectivity index is 2.26. The Labute approximate surface area is 97.0 Å². The van der Waals surface area contributed by atoms with Crippen molar-refractivity contribution < 1.29 is 4.74 Å². The first-order valence-electron chi connectivity index (χ1n) is 6.06. The number of nitrogens with one attached hydrogen (secondary N) is 1. The molecule has 1 saturated heterocycles. The number of aryl methyl sites for hydroxylation is 1. The summed E-state index contributed by atoms with van der Waals surface area (Å²) in [6.45, 7) is 7.48. The summed E-state index contributed by atoms with van der Waals surface area (Å²) in [6, 6.07) is 0. The van der Waals surface area contributed by atoms with Gasteiger partial charge in [-0.2, -0.15) is 5.10 Å². The van der Waals surface area contributed by atoms with E-state index >= 15 is 0 Å². The lowest BCUT2D eigenvalue weighted by molar-refractivity contribution is 0.336. The summed E-state index contributed by atoms with van der Waals surface area (Å²) in [5.74, 6) is 2.19. The molecule has 1 aromatic heterocycles. The van der Waals surface area contributed by atoms with Crippen molar-refractivity contribution in [1.29, 1.82) is 0 Å². The fourth-order valence-corrected chi connectivity index (χ4v) is 2.56. The van der Waals surface area contributed by atoms with Crippen LogP contribution in [0, 0.1) is 5.92 Å². The van der Waals surface area contributed by atoms with E-state index in [-0.39, 0.29) is 0 Å². The highest BCUT2D eigenvalue weighted by atomic mass is 16.5. The lowest BCUT2D eigenvalue weighted by atomic mass is 9.89. The molecule has 0 saturated carbocycles. The minimum absolute atomic E-state index is 0.529. The fourth-order valence-electron chi connectivity index (χ4n) is 2.56. The van der Waals surface area contributed by atoms with Gasteiger partial charge in [0.15, 0.2) is 5.75 Å². The zero-order valence-corrected chi connectivity index (χ0v) is 10.4. The zero-order chi connectivity index (χ0) is 11.5. The van der Waals surface area contributed by atoms with Crippen LogP contribution < -0.4 is 10.1 Å². The van der Waals surface area contributed by atoms with Crippen LogP contribution in [0.15, 0.2) is 6.20 Å². The van der Waals surface area contributed by atoms with Crippen LogP contribution in [0.3, 0.4) is 0 Å². The maximum Gasteiger partial charge on any atom is 0.160 e. The van der Waals surface area contributed by atoms with Crippen molar-refractivity contribution in [3.8, 4) is 5.75 Å². The molecular weight excluding hydrogens is 202 g/mol. The number of nitrogens with zero attached hydrogens (tertiary/aromatic N) is 2. The summed E-state index contributed by atoms with van der Waals surface area (Å²) in [7, 11) is 1.72. The highest BCUT2D eigenvalue weighted by molar-refractivity contribution is 5.29. The second-order valence-corrected chi connectivity index (χ2v) is 4.61. The molecule has 0 radical (unpaired) electrons. The molecule has 1 aromatic rings. The van der Waals surface area contributed by atoms with Crippen LogP contribution >= 0.6 is 0 Å². The van der Waals surface area contributed by atoms with E-state index in [1.807, 2.05) is 6.20 Å². The molecule has 90 valence electrons. The number of ether oxygens (including phenoxy) is 1. The Bertz CT molecular complexity index is 327. The van der Waals surface area contributed by atoms with Gasteiger partial charge in [-0.1, -0.05) is 6.92 Å². The first-order chi connectivity index (χ1) is 7.76. The fraction of sp³-hybridized carbons (Fsp3) is 0.750. The topological polar surface area (TPSA) is 39.1 Å². The van der Waals surface area contributed by atoms with E-state index in [2.05, 4.69) is 28.9 Å². The van der Waals surface area contributed by atoms with Gasteiger partial charge in [0.1, 0.15) is 0 Å². The van der Waals surface area contributed by atoms with Gasteiger partial charge in [-0.05, 0) is 25.8 Å². The van der Waals surface area contributed by atoms with Gasteiger partial charge in [0, 0.05) is 19.0 Å². The van der Waals surface area contributed by atoms with E-state index < -0.39 is 0 Å². The predicted molar refractivity (Wildman–Crippen MR) is 63.8 cm³/mol. The standard InChI is InChI=1S/C12H21N3O/c1-4-15-12(11(16-3)8-14-15)10-5-9(2)6-13-7-10/h8-10,13H,4-7H2,1-3H3. The van der Waals surface area contributed by atoms with Crippen LogP contribution in [0.1, 0.15) is 31.9 Å². The highest BCUT2D eigenvalue weighted by Crippen LogP contribution is 2.32. The summed E-state index contributed by atoms with van der Waals surface area (Å²) in [5.41, 5.74) is 1.25. The quantitative estimate of drug-likeness (QED) is 0.846. The van der Waals surface area contributed by atoms with Crippen LogP contribution in [0.25, 0.3) is 0 Å². The summed E-state index contributed by atoms with van der Waals surface area (Å²) in [6.07, 6.45) is 3.05. The molecule has 0 bridgehead atoms. The van der Waals surface area contributed by atoms with E-state index in [9.17, 15) is 0 Å². The molecule has 1 fully saturated rings. The van der Waals surface area contributed by atoms with Crippen molar-refractivity contribution in [2.24, 2.45) is 5.92 Å². The molecule has 0 aliphatic carbocycles. The van der Waals surface area contributed by atoms with Gasteiger partial charge >= 0.3 is 0 Å². The Morgan fingerprint density at radius 2 is 2.38 bits per heavy atom. The van der Waals surface area contributed by atoms with Crippen molar-refractivity contribution in [3.05, 3.63) is 11.9 Å². The third-order valence-electron chi connectivity index (χ3n) is 3.32.